The zero-order chi connectivity index (χ0) is 18.1. The Hall–Kier alpha value is -2.36. The van der Waals surface area contributed by atoms with Gasteiger partial charge < -0.3 is 10.6 Å². The molecule has 2 aromatic rings. The summed E-state index contributed by atoms with van der Waals surface area (Å²) in [4.78, 5) is 17.0. The molecule has 2 N–H and O–H groups in total. The van der Waals surface area contributed by atoms with Crippen molar-refractivity contribution in [1.82, 2.24) is 10.3 Å². The number of carbonyl (C=O) groups excluding carboxylic acids is 1. The Morgan fingerprint density at radius 1 is 1.12 bits per heavy atom. The number of carbonyl (C=O) groups is 1. The van der Waals surface area contributed by atoms with Crippen LogP contribution < -0.4 is 10.6 Å². The molecule has 0 spiro atoms. The topological polar surface area (TPSA) is 54.0 Å². The lowest BCUT2D eigenvalue weighted by Crippen LogP contribution is -2.39. The van der Waals surface area contributed by atoms with E-state index in [1.165, 1.54) is 5.56 Å². The molecular formula is C21H27N3O. The average Bonchev–Trinajstić information content (AvgIpc) is 3.17. The number of pyridine rings is 1. The van der Waals surface area contributed by atoms with E-state index in [2.05, 4.69) is 60.7 Å². The van der Waals surface area contributed by atoms with E-state index in [4.69, 9.17) is 0 Å². The van der Waals surface area contributed by atoms with Gasteiger partial charge in [-0.05, 0) is 42.9 Å². The predicted molar refractivity (Wildman–Crippen MR) is 102 cm³/mol. The Kier molecular flexibility index (Phi) is 4.55. The molecule has 3 rings (SSSR count). The Labute approximate surface area is 150 Å². The van der Waals surface area contributed by atoms with Crippen molar-refractivity contribution in [2.24, 2.45) is 5.41 Å². The van der Waals surface area contributed by atoms with E-state index in [1.54, 1.807) is 6.20 Å². The van der Waals surface area contributed by atoms with Gasteiger partial charge in [-0.3, -0.25) is 9.78 Å². The maximum absolute atomic E-state index is 13.0. The van der Waals surface area contributed by atoms with Gasteiger partial charge in [-0.25, -0.2) is 0 Å². The fourth-order valence-corrected chi connectivity index (χ4v) is 3.66. The van der Waals surface area contributed by atoms with E-state index in [0.717, 1.165) is 23.2 Å². The molecule has 1 aromatic carbocycles. The third kappa shape index (κ3) is 3.26. The van der Waals surface area contributed by atoms with Crippen molar-refractivity contribution in [2.75, 3.05) is 18.4 Å². The highest BCUT2D eigenvalue weighted by Gasteiger charge is 2.66. The van der Waals surface area contributed by atoms with Gasteiger partial charge in [-0.1, -0.05) is 43.7 Å². The lowest BCUT2D eigenvalue weighted by atomic mass is 9.86. The summed E-state index contributed by atoms with van der Waals surface area (Å²) in [7, 11) is 0. The summed E-state index contributed by atoms with van der Waals surface area (Å²) < 4.78 is 0. The summed E-state index contributed by atoms with van der Waals surface area (Å²) in [6.45, 7) is 9.73. The summed E-state index contributed by atoms with van der Waals surface area (Å²) in [6, 6.07) is 10.3. The zero-order valence-corrected chi connectivity index (χ0v) is 15.5. The van der Waals surface area contributed by atoms with E-state index in [9.17, 15) is 4.79 Å². The molecule has 0 saturated heterocycles. The lowest BCUT2D eigenvalue weighted by Gasteiger charge is -2.21. The quantitative estimate of drug-likeness (QED) is 0.792. The second kappa shape index (κ2) is 6.51. The van der Waals surface area contributed by atoms with Crippen molar-refractivity contribution in [3.8, 4) is 0 Å². The van der Waals surface area contributed by atoms with Crippen molar-refractivity contribution < 1.29 is 4.79 Å². The van der Waals surface area contributed by atoms with Gasteiger partial charge in [0.2, 0.25) is 5.91 Å². The Bertz CT molecular complexity index is 767. The van der Waals surface area contributed by atoms with Gasteiger partial charge >= 0.3 is 0 Å². The van der Waals surface area contributed by atoms with Crippen LogP contribution in [0.3, 0.4) is 0 Å². The molecule has 1 aromatic heterocycles. The van der Waals surface area contributed by atoms with Gasteiger partial charge in [0.15, 0.2) is 0 Å². The number of hydrogen-bond donors (Lipinski definition) is 2. The third-order valence-corrected chi connectivity index (χ3v) is 5.42. The van der Waals surface area contributed by atoms with Crippen LogP contribution in [-0.2, 0) is 10.2 Å². The van der Waals surface area contributed by atoms with Gasteiger partial charge in [-0.15, -0.1) is 0 Å². The number of aryl methyl sites for hydroxylation is 2. The second-order valence-corrected chi connectivity index (χ2v) is 7.71. The fraction of sp³-hybridized carbons (Fsp3) is 0.429. The molecular weight excluding hydrogens is 310 g/mol. The van der Waals surface area contributed by atoms with Crippen LogP contribution in [0, 0.1) is 19.3 Å². The molecule has 0 bridgehead atoms. The van der Waals surface area contributed by atoms with Crippen molar-refractivity contribution in [3.63, 3.8) is 0 Å². The molecule has 1 aliphatic rings. The molecule has 25 heavy (non-hydrogen) atoms. The number of anilines is 1. The predicted octanol–water partition coefficient (Wildman–Crippen LogP) is 3.59. The first kappa shape index (κ1) is 17.5. The van der Waals surface area contributed by atoms with Crippen LogP contribution in [0.1, 0.15) is 37.0 Å². The maximum Gasteiger partial charge on any atom is 0.231 e. The number of aromatic nitrogens is 1. The summed E-state index contributed by atoms with van der Waals surface area (Å²) in [5.41, 5.74) is 4.11. The molecule has 4 heteroatoms. The van der Waals surface area contributed by atoms with Crippen molar-refractivity contribution in [1.29, 1.82) is 0 Å². The first-order valence-corrected chi connectivity index (χ1v) is 8.87. The minimum atomic E-state index is -0.396. The maximum atomic E-state index is 13.0. The largest absolute Gasteiger partial charge is 0.383 e. The molecule has 1 amide bonds. The molecule has 1 atom stereocenters. The molecule has 4 nitrogen and oxygen atoms in total. The van der Waals surface area contributed by atoms with E-state index in [-0.39, 0.29) is 11.3 Å². The van der Waals surface area contributed by atoms with Crippen molar-refractivity contribution >= 4 is 11.6 Å². The molecule has 0 unspecified atom stereocenters. The summed E-state index contributed by atoms with van der Waals surface area (Å²) in [5.74, 6) is 0.134. The molecule has 1 heterocycles. The average molecular weight is 337 g/mol. The van der Waals surface area contributed by atoms with Gasteiger partial charge in [0.05, 0.1) is 5.41 Å². The Balaban J connectivity index is 1.61. The van der Waals surface area contributed by atoms with Crippen LogP contribution in [0.15, 0.2) is 42.7 Å². The molecule has 0 aliphatic heterocycles. The molecule has 1 aliphatic carbocycles. The zero-order valence-electron chi connectivity index (χ0n) is 15.5. The number of rotatable bonds is 6. The second-order valence-electron chi connectivity index (χ2n) is 7.71. The molecule has 1 saturated carbocycles. The number of amides is 1. The van der Waals surface area contributed by atoms with Crippen LogP contribution >= 0.6 is 0 Å². The highest BCUT2D eigenvalue weighted by atomic mass is 16.2. The van der Waals surface area contributed by atoms with Gasteiger partial charge in [0.1, 0.15) is 0 Å². The van der Waals surface area contributed by atoms with Crippen LogP contribution in [0.2, 0.25) is 0 Å². The monoisotopic (exact) mass is 337 g/mol. The van der Waals surface area contributed by atoms with Crippen LogP contribution in [-0.4, -0.2) is 24.0 Å². The third-order valence-electron chi connectivity index (χ3n) is 5.42. The number of nitrogens with zero attached hydrogens (tertiary/aromatic N) is 1. The molecule has 0 radical (unpaired) electrons. The highest BCUT2D eigenvalue weighted by molar-refractivity contribution is 5.93. The lowest BCUT2D eigenvalue weighted by molar-refractivity contribution is -0.124. The first-order valence-electron chi connectivity index (χ1n) is 8.87. The van der Waals surface area contributed by atoms with Crippen LogP contribution in [0.5, 0.6) is 0 Å². The van der Waals surface area contributed by atoms with E-state index in [1.807, 2.05) is 19.2 Å². The normalized spacial score (nSPS) is 20.8. The Morgan fingerprint density at radius 3 is 2.40 bits per heavy atom. The smallest absolute Gasteiger partial charge is 0.231 e. The Morgan fingerprint density at radius 2 is 1.80 bits per heavy atom. The van der Waals surface area contributed by atoms with E-state index in [0.29, 0.717) is 13.1 Å². The SMILES string of the molecule is Cc1ccc([C@@]2(C(=O)NCCNc3ccncc3C)CC2(C)C)cc1. The van der Waals surface area contributed by atoms with Crippen molar-refractivity contribution in [2.45, 2.75) is 39.5 Å². The van der Waals surface area contributed by atoms with Gasteiger partial charge in [0.25, 0.3) is 0 Å². The fourth-order valence-electron chi connectivity index (χ4n) is 3.66. The van der Waals surface area contributed by atoms with Gasteiger partial charge in [-0.2, -0.15) is 0 Å². The van der Waals surface area contributed by atoms with Gasteiger partial charge in [0, 0.05) is 31.2 Å². The van der Waals surface area contributed by atoms with E-state index < -0.39 is 5.41 Å². The number of nitrogens with one attached hydrogen (secondary N) is 2. The standard InChI is InChI=1S/C21H27N3O/c1-15-5-7-17(8-6-15)21(14-20(21,3)4)19(25)24-12-11-23-18-9-10-22-13-16(18)2/h5-10,13H,11-12,14H2,1-4H3,(H,22,23)(H,24,25)/t21-/m1/s1. The first-order chi connectivity index (χ1) is 11.9. The molecule has 1 fully saturated rings. The van der Waals surface area contributed by atoms with E-state index >= 15 is 0 Å². The number of hydrogen-bond acceptors (Lipinski definition) is 3. The van der Waals surface area contributed by atoms with Crippen LogP contribution in [0.25, 0.3) is 0 Å². The summed E-state index contributed by atoms with van der Waals surface area (Å²) >= 11 is 0. The summed E-state index contributed by atoms with van der Waals surface area (Å²) in [5, 5.41) is 6.48. The highest BCUT2D eigenvalue weighted by Crippen LogP contribution is 2.64. The van der Waals surface area contributed by atoms with Crippen LogP contribution in [0.4, 0.5) is 5.69 Å². The minimum Gasteiger partial charge on any atom is -0.383 e. The summed E-state index contributed by atoms with van der Waals surface area (Å²) in [6.07, 6.45) is 4.50. The molecule has 132 valence electrons. The minimum absolute atomic E-state index is 0.00145. The number of benzene rings is 1. The van der Waals surface area contributed by atoms with Crippen molar-refractivity contribution in [3.05, 3.63) is 59.4 Å².